The summed E-state index contributed by atoms with van der Waals surface area (Å²) >= 11 is 0. The Balaban J connectivity index is 1.47. The summed E-state index contributed by atoms with van der Waals surface area (Å²) in [6.07, 6.45) is 21.9. The van der Waals surface area contributed by atoms with Crippen molar-refractivity contribution in [3.05, 3.63) is 46.0 Å². The summed E-state index contributed by atoms with van der Waals surface area (Å²) in [6, 6.07) is 4.85. The number of nitriles is 2. The molecule has 0 amide bonds. The molecule has 0 aromatic carbocycles. The van der Waals surface area contributed by atoms with E-state index in [4.69, 9.17) is 0 Å². The molecule has 6 aliphatic rings. The fourth-order valence-electron chi connectivity index (χ4n) is 7.64. The van der Waals surface area contributed by atoms with E-state index in [1.165, 1.54) is 82.7 Å². The zero-order valence-electron chi connectivity index (χ0n) is 19.6. The van der Waals surface area contributed by atoms with E-state index in [9.17, 15) is 10.5 Å². The first-order valence-electron chi connectivity index (χ1n) is 13.3. The molecule has 2 N–H and O–H groups in total. The van der Waals surface area contributed by atoms with Crippen molar-refractivity contribution < 1.29 is 0 Å². The van der Waals surface area contributed by atoms with Crippen molar-refractivity contribution in [3.63, 3.8) is 0 Å². The van der Waals surface area contributed by atoms with Crippen molar-refractivity contribution in [2.24, 2.45) is 5.92 Å². The average Bonchev–Trinajstić information content (AvgIpc) is 3.18. The van der Waals surface area contributed by atoms with Crippen LogP contribution in [0, 0.1) is 28.6 Å². The summed E-state index contributed by atoms with van der Waals surface area (Å²) in [5, 5.41) is 27.5. The van der Waals surface area contributed by atoms with Gasteiger partial charge in [-0.05, 0) is 82.3 Å². The molecule has 1 saturated heterocycles. The normalized spacial score (nSPS) is 33.5. The number of nitrogens with one attached hydrogen (secondary N) is 2. The van der Waals surface area contributed by atoms with Gasteiger partial charge in [-0.3, -0.25) is 5.32 Å². The summed E-state index contributed by atoms with van der Waals surface area (Å²) in [5.41, 5.74) is 6.64. The molecule has 3 fully saturated rings. The minimum atomic E-state index is -0.0643. The van der Waals surface area contributed by atoms with Crippen LogP contribution in [0.1, 0.15) is 89.9 Å². The van der Waals surface area contributed by atoms with Crippen LogP contribution in [0.4, 0.5) is 0 Å². The molecule has 33 heavy (non-hydrogen) atoms. The SMILES string of the molecule is N#CC(C#N)=C1C=C(NC2CCCCC2)C=C2[C@H]1N[C@@]13CCCC[C@@H]1CC1=C(CCCC1)N23. The Morgan fingerprint density at radius 2 is 1.76 bits per heavy atom. The molecule has 0 aromatic rings. The standard InChI is InChI=1S/C28H35N5/c29-17-20(18-30)24-15-23(31-22-10-2-1-3-11-22)16-26-27(24)32-28-13-7-6-9-21(28)14-19-8-4-5-12-25(19)33(26)28/h15-16,21-22,27,31-32H,1-14H2/t21-,27+,28-/m1/s1. The van der Waals surface area contributed by atoms with Gasteiger partial charge in [-0.25, -0.2) is 0 Å². The van der Waals surface area contributed by atoms with E-state index >= 15 is 0 Å². The van der Waals surface area contributed by atoms with Gasteiger partial charge in [0.1, 0.15) is 17.7 Å². The molecule has 2 aliphatic heterocycles. The molecular formula is C28H35N5. The number of nitrogens with zero attached hydrogens (tertiary/aromatic N) is 3. The van der Waals surface area contributed by atoms with Crippen LogP contribution in [0.3, 0.4) is 0 Å². The highest BCUT2D eigenvalue weighted by atomic mass is 15.4. The first-order valence-corrected chi connectivity index (χ1v) is 13.3. The lowest BCUT2D eigenvalue weighted by Crippen LogP contribution is -2.60. The van der Waals surface area contributed by atoms with Gasteiger partial charge in [0.15, 0.2) is 0 Å². The molecule has 0 aromatic heterocycles. The molecule has 1 spiro atoms. The van der Waals surface area contributed by atoms with E-state index in [1.807, 2.05) is 0 Å². The number of hydrogen-bond acceptors (Lipinski definition) is 5. The largest absolute Gasteiger partial charge is 0.382 e. The maximum Gasteiger partial charge on any atom is 0.134 e. The summed E-state index contributed by atoms with van der Waals surface area (Å²) in [6.45, 7) is 0. The van der Waals surface area contributed by atoms with Gasteiger partial charge >= 0.3 is 0 Å². The smallest absolute Gasteiger partial charge is 0.134 e. The first-order chi connectivity index (χ1) is 16.2. The van der Waals surface area contributed by atoms with Gasteiger partial charge in [-0.1, -0.05) is 31.3 Å². The Labute approximate surface area is 197 Å². The lowest BCUT2D eigenvalue weighted by molar-refractivity contribution is 0.0304. The van der Waals surface area contributed by atoms with Gasteiger partial charge in [0, 0.05) is 28.7 Å². The lowest BCUT2D eigenvalue weighted by Gasteiger charge is -2.54. The maximum absolute atomic E-state index is 9.83. The molecule has 0 bridgehead atoms. The lowest BCUT2D eigenvalue weighted by atomic mass is 9.70. The van der Waals surface area contributed by atoms with Crippen LogP contribution in [0.5, 0.6) is 0 Å². The fraction of sp³-hybridized carbons (Fsp3) is 0.643. The number of rotatable bonds is 2. The van der Waals surface area contributed by atoms with Gasteiger partial charge in [-0.2, -0.15) is 10.5 Å². The van der Waals surface area contributed by atoms with Gasteiger partial charge in [0.25, 0.3) is 0 Å². The molecule has 2 saturated carbocycles. The Bertz CT molecular complexity index is 1030. The van der Waals surface area contributed by atoms with Gasteiger partial charge < -0.3 is 10.2 Å². The van der Waals surface area contributed by atoms with Crippen molar-refractivity contribution >= 4 is 0 Å². The minimum Gasteiger partial charge on any atom is -0.382 e. The Morgan fingerprint density at radius 3 is 2.58 bits per heavy atom. The molecule has 6 rings (SSSR count). The van der Waals surface area contributed by atoms with Crippen molar-refractivity contribution in [2.45, 2.75) is 108 Å². The highest BCUT2D eigenvalue weighted by molar-refractivity contribution is 5.58. The third kappa shape index (κ3) is 3.36. The number of hydrogen-bond donors (Lipinski definition) is 2. The Morgan fingerprint density at radius 1 is 0.970 bits per heavy atom. The van der Waals surface area contributed by atoms with E-state index < -0.39 is 0 Å². The second-order valence-electron chi connectivity index (χ2n) is 10.9. The summed E-state index contributed by atoms with van der Waals surface area (Å²) in [7, 11) is 0. The average molecular weight is 442 g/mol. The van der Waals surface area contributed by atoms with Crippen LogP contribution in [-0.4, -0.2) is 22.6 Å². The summed E-state index contributed by atoms with van der Waals surface area (Å²) in [4.78, 5) is 2.70. The third-order valence-corrected chi connectivity index (χ3v) is 9.11. The molecule has 0 unspecified atom stereocenters. The van der Waals surface area contributed by atoms with Crippen LogP contribution in [0.25, 0.3) is 0 Å². The van der Waals surface area contributed by atoms with Gasteiger partial charge in [0.05, 0.1) is 11.7 Å². The summed E-state index contributed by atoms with van der Waals surface area (Å²) < 4.78 is 0. The monoisotopic (exact) mass is 441 g/mol. The van der Waals surface area contributed by atoms with Crippen LogP contribution in [0.15, 0.2) is 46.0 Å². The molecule has 172 valence electrons. The molecule has 2 heterocycles. The second kappa shape index (κ2) is 8.37. The van der Waals surface area contributed by atoms with Crippen molar-refractivity contribution in [1.82, 2.24) is 15.5 Å². The van der Waals surface area contributed by atoms with Crippen molar-refractivity contribution in [2.75, 3.05) is 0 Å². The fourth-order valence-corrected chi connectivity index (χ4v) is 7.64. The van der Waals surface area contributed by atoms with Gasteiger partial charge in [-0.15, -0.1) is 0 Å². The van der Waals surface area contributed by atoms with Crippen LogP contribution < -0.4 is 10.6 Å². The van der Waals surface area contributed by atoms with E-state index in [2.05, 4.69) is 39.8 Å². The van der Waals surface area contributed by atoms with E-state index in [1.54, 1.807) is 11.3 Å². The number of allylic oxidation sites excluding steroid dienone is 4. The highest BCUT2D eigenvalue weighted by Gasteiger charge is 2.58. The quantitative estimate of drug-likeness (QED) is 0.559. The van der Waals surface area contributed by atoms with E-state index in [0.717, 1.165) is 24.1 Å². The van der Waals surface area contributed by atoms with E-state index in [-0.39, 0.29) is 17.3 Å². The zero-order valence-corrected chi connectivity index (χ0v) is 19.6. The van der Waals surface area contributed by atoms with Crippen molar-refractivity contribution in [1.29, 1.82) is 10.5 Å². The van der Waals surface area contributed by atoms with Crippen molar-refractivity contribution in [3.8, 4) is 12.1 Å². The first kappa shape index (κ1) is 21.1. The number of fused-ring (bicyclic) bond motifs is 3. The molecule has 5 nitrogen and oxygen atoms in total. The van der Waals surface area contributed by atoms with Crippen LogP contribution in [0.2, 0.25) is 0 Å². The Kier molecular flexibility index (Phi) is 5.34. The molecule has 0 radical (unpaired) electrons. The molecule has 5 heteroatoms. The molecular weight excluding hydrogens is 406 g/mol. The maximum atomic E-state index is 9.83. The van der Waals surface area contributed by atoms with E-state index in [0.29, 0.717) is 12.0 Å². The predicted molar refractivity (Wildman–Crippen MR) is 128 cm³/mol. The topological polar surface area (TPSA) is 74.9 Å². The van der Waals surface area contributed by atoms with Crippen LogP contribution >= 0.6 is 0 Å². The zero-order chi connectivity index (χ0) is 22.4. The second-order valence-corrected chi connectivity index (χ2v) is 10.9. The minimum absolute atomic E-state index is 0.0552. The predicted octanol–water partition coefficient (Wildman–Crippen LogP) is 5.43. The van der Waals surface area contributed by atoms with Crippen LogP contribution in [-0.2, 0) is 0 Å². The summed E-state index contributed by atoms with van der Waals surface area (Å²) in [5.74, 6) is 0.609. The third-order valence-electron chi connectivity index (χ3n) is 9.11. The Hall–Kier alpha value is -2.50. The molecule has 3 atom stereocenters. The molecule has 4 aliphatic carbocycles. The van der Waals surface area contributed by atoms with Gasteiger partial charge in [0.2, 0.25) is 0 Å². The highest BCUT2D eigenvalue weighted by Crippen LogP contribution is 2.55.